The first kappa shape index (κ1) is 18.3. The van der Waals surface area contributed by atoms with Crippen LogP contribution in [0.5, 0.6) is 0 Å². The molecule has 2 unspecified atom stereocenters. The van der Waals surface area contributed by atoms with Crippen molar-refractivity contribution in [3.63, 3.8) is 0 Å². The molecule has 2 aromatic rings. The Kier molecular flexibility index (Phi) is 5.38. The SMILES string of the molecule is ONCCCCN1CCC2C(C1)c1cc(F)ccc1N2c1ccc(F)cc1. The number of unbranched alkanes of at least 4 members (excludes halogenated alkanes) is 1. The molecular weight excluding hydrogens is 348 g/mol. The van der Waals surface area contributed by atoms with Crippen LogP contribution in [0, 0.1) is 11.6 Å². The van der Waals surface area contributed by atoms with Crippen LogP contribution in [0.15, 0.2) is 42.5 Å². The van der Waals surface area contributed by atoms with E-state index in [4.69, 9.17) is 5.21 Å². The first-order valence-electron chi connectivity index (χ1n) is 9.61. The van der Waals surface area contributed by atoms with Gasteiger partial charge in [-0.05, 0) is 73.8 Å². The fraction of sp³-hybridized carbons (Fsp3) is 0.429. The maximum atomic E-state index is 14.0. The number of nitrogens with zero attached hydrogens (tertiary/aromatic N) is 2. The predicted molar refractivity (Wildman–Crippen MR) is 102 cm³/mol. The molecule has 2 N–H and O–H groups in total. The van der Waals surface area contributed by atoms with Gasteiger partial charge in [-0.2, -0.15) is 0 Å². The van der Waals surface area contributed by atoms with E-state index in [-0.39, 0.29) is 23.6 Å². The Morgan fingerprint density at radius 3 is 2.59 bits per heavy atom. The Labute approximate surface area is 158 Å². The molecule has 0 bridgehead atoms. The molecule has 6 heteroatoms. The van der Waals surface area contributed by atoms with Crippen molar-refractivity contribution in [2.24, 2.45) is 0 Å². The lowest BCUT2D eigenvalue weighted by Crippen LogP contribution is -2.45. The summed E-state index contributed by atoms with van der Waals surface area (Å²) in [7, 11) is 0. The van der Waals surface area contributed by atoms with E-state index in [9.17, 15) is 8.78 Å². The summed E-state index contributed by atoms with van der Waals surface area (Å²) in [6, 6.07) is 11.9. The third-order valence-electron chi connectivity index (χ3n) is 5.76. The fourth-order valence-corrected chi connectivity index (χ4v) is 4.52. The molecule has 1 saturated heterocycles. The maximum Gasteiger partial charge on any atom is 0.123 e. The van der Waals surface area contributed by atoms with Crippen LogP contribution in [0.2, 0.25) is 0 Å². The van der Waals surface area contributed by atoms with Crippen molar-refractivity contribution < 1.29 is 14.0 Å². The molecule has 0 radical (unpaired) electrons. The molecule has 2 aliphatic heterocycles. The number of nitrogens with one attached hydrogen (secondary N) is 1. The third kappa shape index (κ3) is 3.70. The molecule has 4 nitrogen and oxygen atoms in total. The molecular formula is C21H25F2N3O. The van der Waals surface area contributed by atoms with Gasteiger partial charge in [0.25, 0.3) is 0 Å². The molecule has 0 spiro atoms. The van der Waals surface area contributed by atoms with Gasteiger partial charge in [0.05, 0.1) is 0 Å². The summed E-state index contributed by atoms with van der Waals surface area (Å²) in [6.07, 6.45) is 2.92. The lowest BCUT2D eigenvalue weighted by atomic mass is 9.89. The second kappa shape index (κ2) is 7.92. The summed E-state index contributed by atoms with van der Waals surface area (Å²) < 4.78 is 27.4. The van der Waals surface area contributed by atoms with Gasteiger partial charge in [-0.1, -0.05) is 0 Å². The normalized spacial score (nSPS) is 22.0. The van der Waals surface area contributed by atoms with Crippen molar-refractivity contribution in [3.8, 4) is 0 Å². The molecule has 2 aromatic carbocycles. The minimum atomic E-state index is -0.249. The summed E-state index contributed by atoms with van der Waals surface area (Å²) in [6.45, 7) is 3.46. The summed E-state index contributed by atoms with van der Waals surface area (Å²) in [5.74, 6) is -0.217. The van der Waals surface area contributed by atoms with Crippen LogP contribution in [0.1, 0.15) is 30.7 Å². The number of benzene rings is 2. The van der Waals surface area contributed by atoms with E-state index in [0.717, 1.165) is 55.8 Å². The number of rotatable bonds is 6. The first-order chi connectivity index (χ1) is 13.2. The van der Waals surface area contributed by atoms with Gasteiger partial charge in [0.2, 0.25) is 0 Å². The topological polar surface area (TPSA) is 38.7 Å². The van der Waals surface area contributed by atoms with Gasteiger partial charge < -0.3 is 15.0 Å². The quantitative estimate of drug-likeness (QED) is 0.592. The Hall–Kier alpha value is -2.02. The third-order valence-corrected chi connectivity index (χ3v) is 5.76. The molecule has 0 aliphatic carbocycles. The Balaban J connectivity index is 1.58. The molecule has 27 heavy (non-hydrogen) atoms. The van der Waals surface area contributed by atoms with Crippen LogP contribution in [-0.4, -0.2) is 42.3 Å². The van der Waals surface area contributed by atoms with Crippen molar-refractivity contribution in [3.05, 3.63) is 59.7 Å². The lowest BCUT2D eigenvalue weighted by molar-refractivity contribution is 0.158. The minimum absolute atomic E-state index is 0.209. The van der Waals surface area contributed by atoms with E-state index in [1.807, 2.05) is 6.07 Å². The van der Waals surface area contributed by atoms with Crippen molar-refractivity contribution >= 4 is 11.4 Å². The van der Waals surface area contributed by atoms with Crippen LogP contribution >= 0.6 is 0 Å². The van der Waals surface area contributed by atoms with Gasteiger partial charge in [-0.25, -0.2) is 14.3 Å². The zero-order chi connectivity index (χ0) is 18.8. The van der Waals surface area contributed by atoms with E-state index in [1.54, 1.807) is 18.2 Å². The highest BCUT2D eigenvalue weighted by Crippen LogP contribution is 2.48. The van der Waals surface area contributed by atoms with Gasteiger partial charge in [0.1, 0.15) is 11.6 Å². The monoisotopic (exact) mass is 373 g/mol. The van der Waals surface area contributed by atoms with Gasteiger partial charge in [0, 0.05) is 43.0 Å². The first-order valence-corrected chi connectivity index (χ1v) is 9.61. The number of hydrogen-bond donors (Lipinski definition) is 2. The summed E-state index contributed by atoms with van der Waals surface area (Å²) in [5, 5.41) is 8.69. The highest BCUT2D eigenvalue weighted by atomic mass is 19.1. The van der Waals surface area contributed by atoms with Crippen LogP contribution in [0.25, 0.3) is 0 Å². The molecule has 2 heterocycles. The van der Waals surface area contributed by atoms with Gasteiger partial charge in [0.15, 0.2) is 0 Å². The second-order valence-electron chi connectivity index (χ2n) is 7.43. The molecule has 0 amide bonds. The lowest BCUT2D eigenvalue weighted by Gasteiger charge is -2.39. The van der Waals surface area contributed by atoms with Crippen LogP contribution in [0.3, 0.4) is 0 Å². The number of piperidine rings is 1. The average Bonchev–Trinajstić information content (AvgIpc) is 2.99. The zero-order valence-corrected chi connectivity index (χ0v) is 15.2. The Morgan fingerprint density at radius 2 is 1.81 bits per heavy atom. The van der Waals surface area contributed by atoms with Gasteiger partial charge in [-0.3, -0.25) is 0 Å². The highest BCUT2D eigenvalue weighted by molar-refractivity contribution is 5.73. The van der Waals surface area contributed by atoms with Crippen molar-refractivity contribution in [2.45, 2.75) is 31.2 Å². The molecule has 4 rings (SSSR count). The van der Waals surface area contributed by atoms with Crippen molar-refractivity contribution in [1.29, 1.82) is 0 Å². The molecule has 0 saturated carbocycles. The highest BCUT2D eigenvalue weighted by Gasteiger charge is 2.42. The van der Waals surface area contributed by atoms with Crippen LogP contribution in [0.4, 0.5) is 20.2 Å². The van der Waals surface area contributed by atoms with E-state index < -0.39 is 0 Å². The molecule has 1 fully saturated rings. The average molecular weight is 373 g/mol. The van der Waals surface area contributed by atoms with Crippen LogP contribution < -0.4 is 10.4 Å². The second-order valence-corrected chi connectivity index (χ2v) is 7.43. The summed E-state index contributed by atoms with van der Waals surface area (Å²) >= 11 is 0. The number of fused-ring (bicyclic) bond motifs is 3. The van der Waals surface area contributed by atoms with E-state index in [2.05, 4.69) is 15.3 Å². The molecule has 2 aliphatic rings. The van der Waals surface area contributed by atoms with E-state index >= 15 is 0 Å². The summed E-state index contributed by atoms with van der Waals surface area (Å²) in [4.78, 5) is 4.69. The van der Waals surface area contributed by atoms with E-state index in [0.29, 0.717) is 6.54 Å². The molecule has 144 valence electrons. The molecule has 2 atom stereocenters. The van der Waals surface area contributed by atoms with Crippen molar-refractivity contribution in [1.82, 2.24) is 10.4 Å². The zero-order valence-electron chi connectivity index (χ0n) is 15.2. The number of halogens is 2. The Morgan fingerprint density at radius 1 is 1.04 bits per heavy atom. The number of hydrogen-bond acceptors (Lipinski definition) is 4. The maximum absolute atomic E-state index is 14.0. The summed E-state index contributed by atoms with van der Waals surface area (Å²) in [5.41, 5.74) is 5.23. The molecule has 0 aromatic heterocycles. The number of anilines is 2. The smallest absolute Gasteiger partial charge is 0.123 e. The Bertz CT molecular complexity index is 783. The number of hydroxylamine groups is 1. The predicted octanol–water partition coefficient (Wildman–Crippen LogP) is 4.03. The largest absolute Gasteiger partial charge is 0.337 e. The minimum Gasteiger partial charge on any atom is -0.337 e. The van der Waals surface area contributed by atoms with Crippen LogP contribution in [-0.2, 0) is 0 Å². The number of likely N-dealkylation sites (tertiary alicyclic amines) is 1. The standard InChI is InChI=1S/C21H25F2N3O/c22-15-3-6-17(7-4-15)26-20-8-5-16(23)13-18(20)19-14-25(12-9-21(19)26)11-2-1-10-24-27/h3-8,13,19,21,24,27H,1-2,9-12,14H2. The van der Waals surface area contributed by atoms with Gasteiger partial charge >= 0.3 is 0 Å². The van der Waals surface area contributed by atoms with E-state index in [1.165, 1.54) is 18.2 Å². The van der Waals surface area contributed by atoms with Gasteiger partial charge in [-0.15, -0.1) is 0 Å². The fourth-order valence-electron chi connectivity index (χ4n) is 4.52. The van der Waals surface area contributed by atoms with Crippen molar-refractivity contribution in [2.75, 3.05) is 31.1 Å².